The maximum Gasteiger partial charge on any atom is 0.273 e. The third-order valence-electron chi connectivity index (χ3n) is 2.43. The molecule has 0 saturated heterocycles. The van der Waals surface area contributed by atoms with Crippen LogP contribution in [-0.4, -0.2) is 17.4 Å². The van der Waals surface area contributed by atoms with Gasteiger partial charge in [-0.05, 0) is 30.7 Å². The van der Waals surface area contributed by atoms with Crippen LogP contribution in [0.5, 0.6) is 0 Å². The summed E-state index contributed by atoms with van der Waals surface area (Å²) in [6.45, 7) is 2.62. The largest absolute Gasteiger partial charge is 0.444 e. The minimum absolute atomic E-state index is 0.220. The zero-order chi connectivity index (χ0) is 13.0. The lowest BCUT2D eigenvalue weighted by atomic mass is 10.2. The molecule has 0 aliphatic heterocycles. The molecule has 0 saturated carbocycles. The van der Waals surface area contributed by atoms with Crippen molar-refractivity contribution < 1.29 is 9.21 Å². The molecule has 3 N–H and O–H groups in total. The van der Waals surface area contributed by atoms with E-state index in [1.165, 1.54) is 6.26 Å². The molecule has 0 spiro atoms. The molecule has 18 heavy (non-hydrogen) atoms. The number of carbonyl (C=O) groups is 1. The molecule has 1 heterocycles. The van der Waals surface area contributed by atoms with Gasteiger partial charge in [-0.1, -0.05) is 6.92 Å². The maximum absolute atomic E-state index is 11.6. The lowest BCUT2D eigenvalue weighted by Gasteiger charge is -1.98. The van der Waals surface area contributed by atoms with Gasteiger partial charge in [0.1, 0.15) is 6.26 Å². The fourth-order valence-electron chi connectivity index (χ4n) is 1.47. The molecule has 0 bridgehead atoms. The van der Waals surface area contributed by atoms with Crippen LogP contribution < -0.4 is 11.1 Å². The number of nitrogens with one attached hydrogen (secondary N) is 1. The van der Waals surface area contributed by atoms with Gasteiger partial charge in [-0.15, -0.1) is 0 Å². The SMILES string of the molecule is CCCNC(=O)c1coc(-c2ccc(N)cc2)n1. The van der Waals surface area contributed by atoms with Crippen LogP contribution in [0.15, 0.2) is 34.9 Å². The van der Waals surface area contributed by atoms with Gasteiger partial charge >= 0.3 is 0 Å². The monoisotopic (exact) mass is 245 g/mol. The molecule has 0 fully saturated rings. The summed E-state index contributed by atoms with van der Waals surface area (Å²) in [5.74, 6) is 0.193. The molecule has 0 unspecified atom stereocenters. The molecule has 0 aliphatic rings. The van der Waals surface area contributed by atoms with Gasteiger partial charge in [-0.2, -0.15) is 0 Å². The summed E-state index contributed by atoms with van der Waals surface area (Å²) in [6, 6.07) is 7.12. The Morgan fingerprint density at radius 2 is 2.11 bits per heavy atom. The Kier molecular flexibility index (Phi) is 3.62. The fraction of sp³-hybridized carbons (Fsp3) is 0.231. The van der Waals surface area contributed by atoms with E-state index in [-0.39, 0.29) is 11.6 Å². The second-order valence-electron chi connectivity index (χ2n) is 3.92. The van der Waals surface area contributed by atoms with E-state index in [0.717, 1.165) is 12.0 Å². The number of nitrogens with two attached hydrogens (primary N) is 1. The highest BCUT2D eigenvalue weighted by Crippen LogP contribution is 2.19. The molecule has 94 valence electrons. The first-order valence-electron chi connectivity index (χ1n) is 5.80. The Balaban J connectivity index is 2.15. The van der Waals surface area contributed by atoms with Crippen molar-refractivity contribution in [3.63, 3.8) is 0 Å². The molecule has 1 aromatic heterocycles. The number of hydrogen-bond acceptors (Lipinski definition) is 4. The Hall–Kier alpha value is -2.30. The maximum atomic E-state index is 11.6. The zero-order valence-corrected chi connectivity index (χ0v) is 10.1. The van der Waals surface area contributed by atoms with Gasteiger partial charge in [0.2, 0.25) is 5.89 Å². The van der Waals surface area contributed by atoms with Crippen LogP contribution in [0.4, 0.5) is 5.69 Å². The molecular weight excluding hydrogens is 230 g/mol. The molecule has 1 aromatic carbocycles. The minimum Gasteiger partial charge on any atom is -0.444 e. The summed E-state index contributed by atoms with van der Waals surface area (Å²) >= 11 is 0. The average Bonchev–Trinajstić information content (AvgIpc) is 2.86. The van der Waals surface area contributed by atoms with E-state index in [4.69, 9.17) is 10.2 Å². The number of hydrogen-bond donors (Lipinski definition) is 2. The van der Waals surface area contributed by atoms with Crippen molar-refractivity contribution in [2.45, 2.75) is 13.3 Å². The van der Waals surface area contributed by atoms with E-state index in [1.807, 2.05) is 6.92 Å². The van der Waals surface area contributed by atoms with E-state index in [0.29, 0.717) is 18.1 Å². The lowest BCUT2D eigenvalue weighted by molar-refractivity contribution is 0.0948. The van der Waals surface area contributed by atoms with Crippen molar-refractivity contribution in [1.82, 2.24) is 10.3 Å². The van der Waals surface area contributed by atoms with E-state index in [1.54, 1.807) is 24.3 Å². The standard InChI is InChI=1S/C13H15N3O2/c1-2-7-15-12(17)11-8-18-13(16-11)9-3-5-10(14)6-4-9/h3-6,8H,2,7,14H2,1H3,(H,15,17). The van der Waals surface area contributed by atoms with Gasteiger partial charge in [-0.25, -0.2) is 4.98 Å². The molecule has 2 rings (SSSR count). The lowest BCUT2D eigenvalue weighted by Crippen LogP contribution is -2.24. The molecule has 1 amide bonds. The number of amides is 1. The molecule has 0 aliphatic carbocycles. The number of rotatable bonds is 4. The van der Waals surface area contributed by atoms with Gasteiger partial charge in [0.15, 0.2) is 5.69 Å². The van der Waals surface area contributed by atoms with Crippen molar-refractivity contribution in [2.75, 3.05) is 12.3 Å². The number of benzene rings is 1. The summed E-state index contributed by atoms with van der Waals surface area (Å²) in [4.78, 5) is 15.8. The predicted octanol–water partition coefficient (Wildman–Crippen LogP) is 2.06. The van der Waals surface area contributed by atoms with Crippen LogP contribution in [0.1, 0.15) is 23.8 Å². The first-order valence-corrected chi connectivity index (χ1v) is 5.80. The van der Waals surface area contributed by atoms with Gasteiger partial charge in [0, 0.05) is 17.8 Å². The summed E-state index contributed by atoms with van der Waals surface area (Å²) in [7, 11) is 0. The number of nitrogens with zero attached hydrogens (tertiary/aromatic N) is 1. The third-order valence-corrected chi connectivity index (χ3v) is 2.43. The van der Waals surface area contributed by atoms with Crippen LogP contribution in [0.25, 0.3) is 11.5 Å². The summed E-state index contributed by atoms with van der Waals surface area (Å²) in [5.41, 5.74) is 7.35. The smallest absolute Gasteiger partial charge is 0.273 e. The molecule has 5 nitrogen and oxygen atoms in total. The molecule has 0 atom stereocenters. The van der Waals surface area contributed by atoms with Crippen molar-refractivity contribution >= 4 is 11.6 Å². The molecule has 2 aromatic rings. The first kappa shape index (κ1) is 12.2. The van der Waals surface area contributed by atoms with Crippen LogP contribution in [0.3, 0.4) is 0 Å². The minimum atomic E-state index is -0.220. The third kappa shape index (κ3) is 2.68. The summed E-state index contributed by atoms with van der Waals surface area (Å²) in [5, 5.41) is 2.74. The second-order valence-corrected chi connectivity index (χ2v) is 3.92. The highest BCUT2D eigenvalue weighted by Gasteiger charge is 2.12. The molecule has 5 heteroatoms. The average molecular weight is 245 g/mol. The molecular formula is C13H15N3O2. The van der Waals surface area contributed by atoms with Gasteiger partial charge in [0.05, 0.1) is 0 Å². The predicted molar refractivity (Wildman–Crippen MR) is 69.0 cm³/mol. The van der Waals surface area contributed by atoms with E-state index in [2.05, 4.69) is 10.3 Å². The number of anilines is 1. The highest BCUT2D eigenvalue weighted by molar-refractivity contribution is 5.92. The van der Waals surface area contributed by atoms with Crippen molar-refractivity contribution in [3.05, 3.63) is 36.2 Å². The Morgan fingerprint density at radius 3 is 2.78 bits per heavy atom. The highest BCUT2D eigenvalue weighted by atomic mass is 16.3. The Bertz CT molecular complexity index is 531. The fourth-order valence-corrected chi connectivity index (χ4v) is 1.47. The normalized spacial score (nSPS) is 10.3. The Labute approximate surface area is 105 Å². The zero-order valence-electron chi connectivity index (χ0n) is 10.1. The number of nitrogen functional groups attached to an aromatic ring is 1. The quantitative estimate of drug-likeness (QED) is 0.808. The number of oxazole rings is 1. The van der Waals surface area contributed by atoms with E-state index >= 15 is 0 Å². The van der Waals surface area contributed by atoms with Crippen LogP contribution in [0.2, 0.25) is 0 Å². The van der Waals surface area contributed by atoms with Crippen molar-refractivity contribution in [3.8, 4) is 11.5 Å². The summed E-state index contributed by atoms with van der Waals surface area (Å²) < 4.78 is 5.28. The van der Waals surface area contributed by atoms with Gasteiger partial charge < -0.3 is 15.5 Å². The van der Waals surface area contributed by atoms with Crippen molar-refractivity contribution in [2.24, 2.45) is 0 Å². The van der Waals surface area contributed by atoms with E-state index < -0.39 is 0 Å². The summed E-state index contributed by atoms with van der Waals surface area (Å²) in [6.07, 6.45) is 2.24. The number of aromatic nitrogens is 1. The second kappa shape index (κ2) is 5.35. The first-order chi connectivity index (χ1) is 8.70. The molecule has 0 radical (unpaired) electrons. The van der Waals surface area contributed by atoms with Crippen LogP contribution in [-0.2, 0) is 0 Å². The van der Waals surface area contributed by atoms with Crippen LogP contribution in [0, 0.1) is 0 Å². The number of carbonyl (C=O) groups excluding carboxylic acids is 1. The van der Waals surface area contributed by atoms with Crippen LogP contribution >= 0.6 is 0 Å². The van der Waals surface area contributed by atoms with Crippen molar-refractivity contribution in [1.29, 1.82) is 0 Å². The van der Waals surface area contributed by atoms with Gasteiger partial charge in [0.25, 0.3) is 5.91 Å². The van der Waals surface area contributed by atoms with E-state index in [9.17, 15) is 4.79 Å². The Morgan fingerprint density at radius 1 is 1.39 bits per heavy atom. The van der Waals surface area contributed by atoms with Gasteiger partial charge in [-0.3, -0.25) is 4.79 Å². The topological polar surface area (TPSA) is 81.2 Å².